The van der Waals surface area contributed by atoms with E-state index in [-0.39, 0.29) is 33.8 Å². The molecule has 6 heteroatoms. The monoisotopic (exact) mass is 383 g/mol. The molecule has 3 nitrogen and oxygen atoms in total. The van der Waals surface area contributed by atoms with Crippen LogP contribution >= 0.6 is 0 Å². The molecule has 1 aromatic carbocycles. The van der Waals surface area contributed by atoms with E-state index >= 15 is 0 Å². The normalized spacial score (nSPS) is 32.7. The number of benzene rings is 1. The zero-order chi connectivity index (χ0) is 19.2. The van der Waals surface area contributed by atoms with Crippen molar-refractivity contribution in [3.05, 3.63) is 30.3 Å². The Morgan fingerprint density at radius 3 is 2.62 bits per heavy atom. The van der Waals surface area contributed by atoms with Gasteiger partial charge in [0.1, 0.15) is 15.5 Å². The second kappa shape index (κ2) is 6.70. The summed E-state index contributed by atoms with van der Waals surface area (Å²) in [7, 11) is -4.22. The van der Waals surface area contributed by atoms with Gasteiger partial charge in [-0.25, -0.2) is 8.99 Å². The molecule has 0 aliphatic heterocycles. The lowest BCUT2D eigenvalue weighted by molar-refractivity contribution is -0.130. The highest BCUT2D eigenvalue weighted by Crippen LogP contribution is 2.57. The Labute approximate surface area is 154 Å². The SMILES string of the molecule is C[C@H](CC(F)(F)[S@](=N)(=O)c1ccccc1)[C@H]1CC[C@H]2C(=O)CCC[C@]12C. The van der Waals surface area contributed by atoms with Crippen molar-refractivity contribution in [2.45, 2.75) is 62.5 Å². The van der Waals surface area contributed by atoms with Crippen LogP contribution in [-0.2, 0) is 14.5 Å². The van der Waals surface area contributed by atoms with Gasteiger partial charge in [0, 0.05) is 18.8 Å². The molecule has 3 rings (SSSR count). The number of carbonyl (C=O) groups is 1. The third kappa shape index (κ3) is 3.10. The van der Waals surface area contributed by atoms with Crippen LogP contribution < -0.4 is 0 Å². The number of carbonyl (C=O) groups excluding carboxylic acids is 1. The zero-order valence-corrected chi connectivity index (χ0v) is 16.2. The minimum Gasteiger partial charge on any atom is -0.299 e. The molecule has 2 fully saturated rings. The van der Waals surface area contributed by atoms with Gasteiger partial charge in [0.2, 0.25) is 0 Å². The Morgan fingerprint density at radius 2 is 1.96 bits per heavy atom. The number of hydrogen-bond acceptors (Lipinski definition) is 3. The van der Waals surface area contributed by atoms with E-state index in [1.807, 2.05) is 0 Å². The summed E-state index contributed by atoms with van der Waals surface area (Å²) < 4.78 is 50.3. The zero-order valence-electron chi connectivity index (χ0n) is 15.3. The highest BCUT2D eigenvalue weighted by Gasteiger charge is 2.54. The van der Waals surface area contributed by atoms with Gasteiger partial charge in [-0.1, -0.05) is 32.0 Å². The fourth-order valence-corrected chi connectivity index (χ4v) is 6.71. The Morgan fingerprint density at radius 1 is 1.31 bits per heavy atom. The molecule has 1 aromatic rings. The lowest BCUT2D eigenvalue weighted by Gasteiger charge is -2.42. The molecule has 2 saturated carbocycles. The lowest BCUT2D eigenvalue weighted by Crippen LogP contribution is -2.41. The first-order valence-corrected chi connectivity index (χ1v) is 10.9. The van der Waals surface area contributed by atoms with E-state index in [9.17, 15) is 17.8 Å². The minimum atomic E-state index is -4.22. The molecule has 0 heterocycles. The quantitative estimate of drug-likeness (QED) is 0.730. The number of rotatable bonds is 5. The van der Waals surface area contributed by atoms with Gasteiger partial charge in [-0.15, -0.1) is 0 Å². The molecule has 0 bridgehead atoms. The summed E-state index contributed by atoms with van der Waals surface area (Å²) in [5, 5.41) is -3.60. The summed E-state index contributed by atoms with van der Waals surface area (Å²) in [6, 6.07) is 7.37. The predicted octanol–water partition coefficient (Wildman–Crippen LogP) is 5.50. The number of ketones is 1. The molecule has 0 aromatic heterocycles. The van der Waals surface area contributed by atoms with Gasteiger partial charge in [-0.2, -0.15) is 8.78 Å². The van der Waals surface area contributed by atoms with E-state index in [1.54, 1.807) is 13.0 Å². The molecule has 0 saturated heterocycles. The number of hydrogen-bond donors (Lipinski definition) is 1. The average Bonchev–Trinajstić information content (AvgIpc) is 2.93. The van der Waals surface area contributed by atoms with Crippen LogP contribution in [0.4, 0.5) is 8.78 Å². The first-order valence-electron chi connectivity index (χ1n) is 9.33. The van der Waals surface area contributed by atoms with Crippen molar-refractivity contribution in [1.82, 2.24) is 0 Å². The van der Waals surface area contributed by atoms with Gasteiger partial charge in [0.25, 0.3) is 0 Å². The van der Waals surface area contributed by atoms with E-state index in [4.69, 9.17) is 4.78 Å². The molecule has 144 valence electrons. The summed E-state index contributed by atoms with van der Waals surface area (Å²) >= 11 is 0. The van der Waals surface area contributed by atoms with Crippen molar-refractivity contribution >= 4 is 15.5 Å². The second-order valence-electron chi connectivity index (χ2n) is 8.25. The minimum absolute atomic E-state index is 0.00796. The van der Waals surface area contributed by atoms with Crippen molar-refractivity contribution < 1.29 is 17.8 Å². The summed E-state index contributed by atoms with van der Waals surface area (Å²) in [6.45, 7) is 3.84. The Balaban J connectivity index is 1.81. The predicted molar refractivity (Wildman–Crippen MR) is 97.5 cm³/mol. The maximum absolute atomic E-state index is 14.9. The highest BCUT2D eigenvalue weighted by molar-refractivity contribution is 7.93. The molecule has 0 spiro atoms. The third-order valence-corrected chi connectivity index (χ3v) is 8.62. The molecule has 1 N–H and O–H groups in total. The van der Waals surface area contributed by atoms with Crippen molar-refractivity contribution in [2.24, 2.45) is 23.2 Å². The molecule has 2 aliphatic carbocycles. The fourth-order valence-electron chi connectivity index (χ4n) is 5.32. The number of alkyl halides is 2. The number of halogens is 2. The first-order chi connectivity index (χ1) is 12.1. The Bertz CT molecular complexity index is 778. The van der Waals surface area contributed by atoms with Crippen molar-refractivity contribution in [3.8, 4) is 0 Å². The molecule has 26 heavy (non-hydrogen) atoms. The Hall–Kier alpha value is -1.30. The maximum atomic E-state index is 14.9. The number of nitrogens with one attached hydrogen (secondary N) is 1. The number of Topliss-reactive ketones (excluding diaryl/α,β-unsaturated/α-hetero) is 1. The van der Waals surface area contributed by atoms with Crippen LogP contribution in [0, 0.1) is 27.9 Å². The second-order valence-corrected chi connectivity index (χ2v) is 10.4. The summed E-state index contributed by atoms with van der Waals surface area (Å²) in [4.78, 5) is 12.1. The van der Waals surface area contributed by atoms with Crippen LogP contribution in [0.1, 0.15) is 52.4 Å². The van der Waals surface area contributed by atoms with Crippen molar-refractivity contribution in [1.29, 1.82) is 4.78 Å². The summed E-state index contributed by atoms with van der Waals surface area (Å²) in [5.74, 6) is -0.130. The fraction of sp³-hybridized carbons (Fsp3) is 0.650. The van der Waals surface area contributed by atoms with E-state index in [0.717, 1.165) is 25.7 Å². The molecular formula is C20H27F2NO2S. The maximum Gasteiger partial charge on any atom is 0.332 e. The van der Waals surface area contributed by atoms with Gasteiger partial charge < -0.3 is 0 Å². The lowest BCUT2D eigenvalue weighted by atomic mass is 9.62. The standard InChI is InChI=1S/C20H27F2NO2S/c1-14(16-10-11-17-18(24)9-6-12-19(16,17)2)13-20(21,22)26(23,25)15-7-4-3-5-8-15/h3-5,7-8,14,16-17,23H,6,9-13H2,1-2H3/t14-,16-,17+,19-,26-/m1/s1. The van der Waals surface area contributed by atoms with Crippen LogP contribution in [0.5, 0.6) is 0 Å². The Kier molecular flexibility index (Phi) is 5.01. The molecular weight excluding hydrogens is 356 g/mol. The van der Waals surface area contributed by atoms with Gasteiger partial charge in [0.15, 0.2) is 0 Å². The van der Waals surface area contributed by atoms with Gasteiger partial charge in [-0.3, -0.25) is 4.79 Å². The average molecular weight is 384 g/mol. The van der Waals surface area contributed by atoms with Crippen LogP contribution in [0.25, 0.3) is 0 Å². The smallest absolute Gasteiger partial charge is 0.299 e. The van der Waals surface area contributed by atoms with Crippen molar-refractivity contribution in [2.75, 3.05) is 0 Å². The summed E-state index contributed by atoms with van der Waals surface area (Å²) in [5.41, 5.74) is -0.236. The topological polar surface area (TPSA) is 58.0 Å². The summed E-state index contributed by atoms with van der Waals surface area (Å²) in [6.07, 6.45) is 3.26. The van der Waals surface area contributed by atoms with Gasteiger partial charge in [-0.05, 0) is 55.1 Å². The van der Waals surface area contributed by atoms with E-state index < -0.39 is 21.4 Å². The molecule has 0 unspecified atom stereocenters. The van der Waals surface area contributed by atoms with Crippen molar-refractivity contribution in [3.63, 3.8) is 0 Å². The van der Waals surface area contributed by atoms with Crippen LogP contribution in [0.2, 0.25) is 0 Å². The van der Waals surface area contributed by atoms with E-state index in [2.05, 4.69) is 6.92 Å². The van der Waals surface area contributed by atoms with E-state index in [0.29, 0.717) is 6.42 Å². The van der Waals surface area contributed by atoms with Crippen LogP contribution in [-0.4, -0.2) is 15.2 Å². The molecule has 0 amide bonds. The molecule has 2 aliphatic rings. The van der Waals surface area contributed by atoms with Crippen LogP contribution in [0.3, 0.4) is 0 Å². The number of fused-ring (bicyclic) bond motifs is 1. The molecule has 0 radical (unpaired) electrons. The third-order valence-electron chi connectivity index (χ3n) is 6.68. The molecule has 5 atom stereocenters. The highest BCUT2D eigenvalue weighted by atomic mass is 32.2. The van der Waals surface area contributed by atoms with Gasteiger partial charge in [0.05, 0.1) is 4.90 Å². The van der Waals surface area contributed by atoms with E-state index in [1.165, 1.54) is 24.3 Å². The van der Waals surface area contributed by atoms with Crippen LogP contribution in [0.15, 0.2) is 35.2 Å². The largest absolute Gasteiger partial charge is 0.332 e. The van der Waals surface area contributed by atoms with Gasteiger partial charge >= 0.3 is 5.25 Å². The first kappa shape index (κ1) is 19.5.